The first-order valence-electron chi connectivity index (χ1n) is 6.83. The molecule has 0 radical (unpaired) electrons. The highest BCUT2D eigenvalue weighted by Gasteiger charge is 2.38. The van der Waals surface area contributed by atoms with Crippen LogP contribution in [0.1, 0.15) is 25.1 Å². The number of nitrogens with zero attached hydrogens (tertiary/aromatic N) is 4. The minimum Gasteiger partial charge on any atom is -0.353 e. The molecule has 1 saturated heterocycles. The smallest absolute Gasteiger partial charge is 0.258 e. The second-order valence-corrected chi connectivity index (χ2v) is 5.53. The molecular weight excluding hydrogens is 240 g/mol. The van der Waals surface area contributed by atoms with E-state index < -0.39 is 0 Å². The standard InChI is InChI=1S/C14H16N4O/c1-9-16-14(19-17-9)11-4-5-15-13(7-11)18-8-10-2-3-12(18)6-10/h4-5,7,10,12H,2-3,6,8H2,1H3/t10-,12-/m0/s1. The van der Waals surface area contributed by atoms with Crippen LogP contribution in [0.3, 0.4) is 0 Å². The van der Waals surface area contributed by atoms with Crippen molar-refractivity contribution in [2.24, 2.45) is 5.92 Å². The monoisotopic (exact) mass is 256 g/mol. The van der Waals surface area contributed by atoms with Crippen molar-refractivity contribution in [3.63, 3.8) is 0 Å². The van der Waals surface area contributed by atoms with Crippen molar-refractivity contribution in [2.45, 2.75) is 32.2 Å². The summed E-state index contributed by atoms with van der Waals surface area (Å²) in [5, 5.41) is 3.84. The first-order chi connectivity index (χ1) is 9.29. The van der Waals surface area contributed by atoms with E-state index in [2.05, 4.69) is 26.1 Å². The average molecular weight is 256 g/mol. The van der Waals surface area contributed by atoms with E-state index in [1.165, 1.54) is 19.3 Å². The van der Waals surface area contributed by atoms with E-state index in [1.807, 2.05) is 19.2 Å². The maximum absolute atomic E-state index is 5.22. The summed E-state index contributed by atoms with van der Waals surface area (Å²) in [5.41, 5.74) is 0.952. The number of hydrogen-bond donors (Lipinski definition) is 0. The maximum atomic E-state index is 5.22. The van der Waals surface area contributed by atoms with E-state index in [-0.39, 0.29) is 0 Å². The van der Waals surface area contributed by atoms with Crippen molar-refractivity contribution in [2.75, 3.05) is 11.4 Å². The molecule has 0 N–H and O–H groups in total. The summed E-state index contributed by atoms with van der Waals surface area (Å²) in [5.74, 6) is 3.14. The lowest BCUT2D eigenvalue weighted by molar-refractivity contribution is 0.425. The Hall–Kier alpha value is -1.91. The van der Waals surface area contributed by atoms with Gasteiger partial charge in [0.1, 0.15) is 5.82 Å². The van der Waals surface area contributed by atoms with Crippen LogP contribution in [0.25, 0.3) is 11.5 Å². The van der Waals surface area contributed by atoms with E-state index in [0.29, 0.717) is 17.8 Å². The molecule has 1 aliphatic heterocycles. The van der Waals surface area contributed by atoms with Crippen LogP contribution < -0.4 is 4.90 Å². The highest BCUT2D eigenvalue weighted by atomic mass is 16.5. The Morgan fingerprint density at radius 1 is 1.37 bits per heavy atom. The number of pyridine rings is 1. The molecule has 19 heavy (non-hydrogen) atoms. The molecule has 2 aromatic heterocycles. The van der Waals surface area contributed by atoms with Gasteiger partial charge in [0.05, 0.1) is 0 Å². The van der Waals surface area contributed by atoms with Crippen LogP contribution in [0.15, 0.2) is 22.9 Å². The van der Waals surface area contributed by atoms with E-state index >= 15 is 0 Å². The Kier molecular flexibility index (Phi) is 2.33. The lowest BCUT2D eigenvalue weighted by Gasteiger charge is -2.28. The lowest BCUT2D eigenvalue weighted by Crippen LogP contribution is -2.32. The van der Waals surface area contributed by atoms with Crippen molar-refractivity contribution in [1.82, 2.24) is 15.1 Å². The van der Waals surface area contributed by atoms with Gasteiger partial charge in [-0.1, -0.05) is 5.16 Å². The van der Waals surface area contributed by atoms with Crippen molar-refractivity contribution in [3.05, 3.63) is 24.2 Å². The number of hydrogen-bond acceptors (Lipinski definition) is 5. The van der Waals surface area contributed by atoms with Crippen molar-refractivity contribution in [3.8, 4) is 11.5 Å². The molecule has 5 heteroatoms. The molecule has 1 aliphatic carbocycles. The molecule has 0 spiro atoms. The average Bonchev–Trinajstić information content (AvgIpc) is 3.14. The van der Waals surface area contributed by atoms with Gasteiger partial charge in [-0.05, 0) is 44.2 Å². The maximum Gasteiger partial charge on any atom is 0.258 e. The first kappa shape index (κ1) is 11.0. The third-order valence-corrected chi connectivity index (χ3v) is 4.22. The highest BCUT2D eigenvalue weighted by molar-refractivity contribution is 5.59. The van der Waals surface area contributed by atoms with Gasteiger partial charge in [0.15, 0.2) is 5.82 Å². The third-order valence-electron chi connectivity index (χ3n) is 4.22. The van der Waals surface area contributed by atoms with Gasteiger partial charge in [-0.3, -0.25) is 0 Å². The molecule has 1 saturated carbocycles. The number of piperidine rings is 1. The van der Waals surface area contributed by atoms with E-state index in [0.717, 1.165) is 23.8 Å². The molecule has 0 aromatic carbocycles. The van der Waals surface area contributed by atoms with Crippen molar-refractivity contribution >= 4 is 5.82 Å². The Morgan fingerprint density at radius 3 is 3.00 bits per heavy atom. The van der Waals surface area contributed by atoms with Gasteiger partial charge in [-0.15, -0.1) is 0 Å². The van der Waals surface area contributed by atoms with E-state index in [4.69, 9.17) is 4.52 Å². The molecule has 0 unspecified atom stereocenters. The second kappa shape index (κ2) is 4.05. The number of rotatable bonds is 2. The molecule has 2 fully saturated rings. The third kappa shape index (κ3) is 1.80. The zero-order chi connectivity index (χ0) is 12.8. The van der Waals surface area contributed by atoms with Crippen LogP contribution in [0.4, 0.5) is 5.82 Å². The number of aromatic nitrogens is 3. The molecule has 2 atom stereocenters. The summed E-state index contributed by atoms with van der Waals surface area (Å²) in [6, 6.07) is 4.66. The van der Waals surface area contributed by atoms with Gasteiger partial charge >= 0.3 is 0 Å². The van der Waals surface area contributed by atoms with Crippen LogP contribution in [0, 0.1) is 12.8 Å². The minimum atomic E-state index is 0.575. The molecule has 5 nitrogen and oxygen atoms in total. The fourth-order valence-corrected chi connectivity index (χ4v) is 3.33. The fraction of sp³-hybridized carbons (Fsp3) is 0.500. The Balaban J connectivity index is 1.67. The van der Waals surface area contributed by atoms with Crippen LogP contribution in [0.5, 0.6) is 0 Å². The molecule has 98 valence electrons. The quantitative estimate of drug-likeness (QED) is 0.826. The number of anilines is 1. The zero-order valence-electron chi connectivity index (χ0n) is 10.9. The van der Waals surface area contributed by atoms with Crippen LogP contribution >= 0.6 is 0 Å². The second-order valence-electron chi connectivity index (χ2n) is 5.53. The minimum absolute atomic E-state index is 0.575. The predicted molar refractivity (Wildman–Crippen MR) is 70.7 cm³/mol. The zero-order valence-corrected chi connectivity index (χ0v) is 10.9. The topological polar surface area (TPSA) is 55.1 Å². The Bertz CT molecular complexity index is 609. The van der Waals surface area contributed by atoms with Crippen LogP contribution in [-0.4, -0.2) is 27.7 Å². The predicted octanol–water partition coefficient (Wildman–Crippen LogP) is 2.43. The van der Waals surface area contributed by atoms with Gasteiger partial charge < -0.3 is 9.42 Å². The summed E-state index contributed by atoms with van der Waals surface area (Å²) < 4.78 is 5.22. The normalized spacial score (nSPS) is 25.2. The first-order valence-corrected chi connectivity index (χ1v) is 6.83. The summed E-state index contributed by atoms with van der Waals surface area (Å²) in [7, 11) is 0. The van der Waals surface area contributed by atoms with Gasteiger partial charge in [0, 0.05) is 24.3 Å². The number of aryl methyl sites for hydroxylation is 1. The lowest BCUT2D eigenvalue weighted by atomic mass is 10.1. The molecule has 2 bridgehead atoms. The molecular formula is C14H16N4O. The van der Waals surface area contributed by atoms with Gasteiger partial charge in [-0.2, -0.15) is 4.98 Å². The van der Waals surface area contributed by atoms with Crippen LogP contribution in [0.2, 0.25) is 0 Å². The van der Waals surface area contributed by atoms with E-state index in [1.54, 1.807) is 0 Å². The van der Waals surface area contributed by atoms with Crippen LogP contribution in [-0.2, 0) is 0 Å². The molecule has 3 heterocycles. The summed E-state index contributed by atoms with van der Waals surface area (Å²) >= 11 is 0. The molecule has 0 amide bonds. The molecule has 4 rings (SSSR count). The molecule has 2 aliphatic rings. The number of fused-ring (bicyclic) bond motifs is 2. The molecule has 2 aromatic rings. The summed E-state index contributed by atoms with van der Waals surface area (Å²) in [4.78, 5) is 11.2. The van der Waals surface area contributed by atoms with Gasteiger partial charge in [0.25, 0.3) is 5.89 Å². The fourth-order valence-electron chi connectivity index (χ4n) is 3.33. The van der Waals surface area contributed by atoms with Crippen molar-refractivity contribution in [1.29, 1.82) is 0 Å². The highest BCUT2D eigenvalue weighted by Crippen LogP contribution is 2.39. The Morgan fingerprint density at radius 2 is 2.32 bits per heavy atom. The summed E-state index contributed by atoms with van der Waals surface area (Å²) in [6.07, 6.45) is 5.84. The Labute approximate surface area is 111 Å². The van der Waals surface area contributed by atoms with E-state index in [9.17, 15) is 0 Å². The van der Waals surface area contributed by atoms with Gasteiger partial charge in [0.2, 0.25) is 0 Å². The van der Waals surface area contributed by atoms with Crippen molar-refractivity contribution < 1.29 is 4.52 Å². The largest absolute Gasteiger partial charge is 0.353 e. The van der Waals surface area contributed by atoms with Gasteiger partial charge in [-0.25, -0.2) is 4.98 Å². The SMILES string of the molecule is Cc1noc(-c2ccnc(N3C[C@H]4CC[C@H]3C4)c2)n1. The summed E-state index contributed by atoms with van der Waals surface area (Å²) in [6.45, 7) is 2.97.